The molecule has 1 aliphatic carbocycles. The topological polar surface area (TPSA) is 44.4 Å². The molecule has 0 spiro atoms. The largest absolute Gasteiger partial charge is 0.335 e. The van der Waals surface area contributed by atoms with Gasteiger partial charge in [0.1, 0.15) is 0 Å². The Labute approximate surface area is 138 Å². The predicted octanol–water partition coefficient (Wildman–Crippen LogP) is 3.66. The van der Waals surface area contributed by atoms with Crippen molar-refractivity contribution in [3.8, 4) is 0 Å². The van der Waals surface area contributed by atoms with Gasteiger partial charge < -0.3 is 10.6 Å². The number of aryl methyl sites for hydroxylation is 1. The third kappa shape index (κ3) is 3.37. The smallest absolute Gasteiger partial charge is 0.319 e. The molecule has 2 amide bonds. The number of rotatable bonds is 3. The first-order valence-corrected chi connectivity index (χ1v) is 9.10. The summed E-state index contributed by atoms with van der Waals surface area (Å²) in [6, 6.07) is 10.5. The van der Waals surface area contributed by atoms with Crippen LogP contribution in [-0.4, -0.2) is 35.1 Å². The van der Waals surface area contributed by atoms with E-state index in [-0.39, 0.29) is 6.03 Å². The molecular formula is C19H27N3O. The molecule has 4 nitrogen and oxygen atoms in total. The SMILES string of the molecule is Cc1cccc(NC(=O)NC2C[C@@H]3CCC[C@@H](C2)N3C2CC2)c1. The number of hydrogen-bond acceptors (Lipinski definition) is 2. The number of carbonyl (C=O) groups is 1. The van der Waals surface area contributed by atoms with Crippen LogP contribution in [0.3, 0.4) is 0 Å². The van der Waals surface area contributed by atoms with Crippen molar-refractivity contribution in [2.45, 2.75) is 76.0 Å². The van der Waals surface area contributed by atoms with E-state index in [4.69, 9.17) is 0 Å². The van der Waals surface area contributed by atoms with Gasteiger partial charge in [-0.15, -0.1) is 0 Å². The van der Waals surface area contributed by atoms with Gasteiger partial charge in [-0.25, -0.2) is 4.79 Å². The van der Waals surface area contributed by atoms with Crippen molar-refractivity contribution in [1.82, 2.24) is 10.2 Å². The van der Waals surface area contributed by atoms with Crippen LogP contribution in [0.2, 0.25) is 0 Å². The number of nitrogens with zero attached hydrogens (tertiary/aromatic N) is 1. The number of benzene rings is 1. The van der Waals surface area contributed by atoms with Crippen molar-refractivity contribution in [3.05, 3.63) is 29.8 Å². The fourth-order valence-electron chi connectivity index (χ4n) is 4.58. The minimum absolute atomic E-state index is 0.0569. The first-order valence-electron chi connectivity index (χ1n) is 9.10. The van der Waals surface area contributed by atoms with Crippen LogP contribution >= 0.6 is 0 Å². The first kappa shape index (κ1) is 15.0. The van der Waals surface area contributed by atoms with E-state index in [2.05, 4.69) is 15.5 Å². The van der Waals surface area contributed by atoms with Crippen molar-refractivity contribution in [3.63, 3.8) is 0 Å². The summed E-state index contributed by atoms with van der Waals surface area (Å²) in [5.41, 5.74) is 2.04. The second-order valence-corrected chi connectivity index (χ2v) is 7.55. The minimum atomic E-state index is -0.0569. The van der Waals surface area contributed by atoms with Gasteiger partial charge in [-0.2, -0.15) is 0 Å². The second kappa shape index (κ2) is 6.16. The Morgan fingerprint density at radius 1 is 1.09 bits per heavy atom. The lowest BCUT2D eigenvalue weighted by molar-refractivity contribution is 0.0198. The van der Waals surface area contributed by atoms with Gasteiger partial charge in [0.05, 0.1) is 0 Å². The number of nitrogens with one attached hydrogen (secondary N) is 2. The van der Waals surface area contributed by atoms with Crippen molar-refractivity contribution in [2.75, 3.05) is 5.32 Å². The summed E-state index contributed by atoms with van der Waals surface area (Å²) in [6.45, 7) is 2.04. The van der Waals surface area contributed by atoms with Gasteiger partial charge in [0, 0.05) is 29.9 Å². The van der Waals surface area contributed by atoms with E-state index < -0.39 is 0 Å². The molecule has 2 saturated heterocycles. The van der Waals surface area contributed by atoms with Gasteiger partial charge in [-0.1, -0.05) is 18.6 Å². The summed E-state index contributed by atoms with van der Waals surface area (Å²) in [5.74, 6) is 0. The molecule has 0 radical (unpaired) electrons. The second-order valence-electron chi connectivity index (χ2n) is 7.55. The zero-order valence-electron chi connectivity index (χ0n) is 13.9. The van der Waals surface area contributed by atoms with E-state index in [0.29, 0.717) is 18.1 Å². The highest BCUT2D eigenvalue weighted by atomic mass is 16.2. The Morgan fingerprint density at radius 2 is 1.83 bits per heavy atom. The number of urea groups is 1. The summed E-state index contributed by atoms with van der Waals surface area (Å²) >= 11 is 0. The summed E-state index contributed by atoms with van der Waals surface area (Å²) in [4.78, 5) is 15.1. The maximum absolute atomic E-state index is 12.3. The lowest BCUT2D eigenvalue weighted by Crippen LogP contribution is -2.58. The first-order chi connectivity index (χ1) is 11.2. The molecule has 1 saturated carbocycles. The van der Waals surface area contributed by atoms with Crippen molar-refractivity contribution in [1.29, 1.82) is 0 Å². The Kier molecular flexibility index (Phi) is 4.02. The number of carbonyl (C=O) groups excluding carboxylic acids is 1. The van der Waals surface area contributed by atoms with Crippen LogP contribution < -0.4 is 10.6 Å². The highest BCUT2D eigenvalue weighted by Crippen LogP contribution is 2.41. The van der Waals surface area contributed by atoms with Gasteiger partial charge in [0.2, 0.25) is 0 Å². The van der Waals surface area contributed by atoms with Crippen LogP contribution in [0.5, 0.6) is 0 Å². The fraction of sp³-hybridized carbons (Fsp3) is 0.632. The quantitative estimate of drug-likeness (QED) is 0.894. The average molecular weight is 313 g/mol. The van der Waals surface area contributed by atoms with Crippen LogP contribution in [0.1, 0.15) is 50.5 Å². The van der Waals surface area contributed by atoms with Gasteiger partial charge >= 0.3 is 6.03 Å². The molecule has 0 unspecified atom stereocenters. The maximum Gasteiger partial charge on any atom is 0.319 e. The van der Waals surface area contributed by atoms with Crippen LogP contribution in [0.15, 0.2) is 24.3 Å². The molecule has 2 atom stereocenters. The molecule has 2 bridgehead atoms. The molecule has 1 aromatic carbocycles. The molecule has 2 aliphatic heterocycles. The summed E-state index contributed by atoms with van der Waals surface area (Å²) in [7, 11) is 0. The minimum Gasteiger partial charge on any atom is -0.335 e. The lowest BCUT2D eigenvalue weighted by Gasteiger charge is -2.49. The van der Waals surface area contributed by atoms with E-state index in [1.54, 1.807) is 0 Å². The monoisotopic (exact) mass is 313 g/mol. The molecule has 3 fully saturated rings. The molecule has 2 heterocycles. The average Bonchev–Trinajstić information content (AvgIpc) is 3.30. The number of hydrogen-bond donors (Lipinski definition) is 2. The molecular weight excluding hydrogens is 286 g/mol. The Bertz CT molecular complexity index is 570. The number of amides is 2. The van der Waals surface area contributed by atoms with Crippen LogP contribution in [-0.2, 0) is 0 Å². The highest BCUT2D eigenvalue weighted by Gasteiger charge is 2.45. The van der Waals surface area contributed by atoms with Crippen LogP contribution in [0.25, 0.3) is 0 Å². The number of fused-ring (bicyclic) bond motifs is 2. The van der Waals surface area contributed by atoms with Gasteiger partial charge in [0.25, 0.3) is 0 Å². The molecule has 1 aromatic rings. The molecule has 4 rings (SSSR count). The van der Waals surface area contributed by atoms with E-state index in [9.17, 15) is 4.79 Å². The zero-order chi connectivity index (χ0) is 15.8. The van der Waals surface area contributed by atoms with E-state index in [0.717, 1.165) is 30.1 Å². The highest BCUT2D eigenvalue weighted by molar-refractivity contribution is 5.89. The normalized spacial score (nSPS) is 30.7. The molecule has 3 aliphatic rings. The van der Waals surface area contributed by atoms with Crippen LogP contribution in [0, 0.1) is 6.92 Å². The fourth-order valence-corrected chi connectivity index (χ4v) is 4.58. The molecule has 4 heteroatoms. The zero-order valence-corrected chi connectivity index (χ0v) is 13.9. The van der Waals surface area contributed by atoms with E-state index in [1.807, 2.05) is 31.2 Å². The van der Waals surface area contributed by atoms with Crippen molar-refractivity contribution in [2.24, 2.45) is 0 Å². The Hall–Kier alpha value is -1.55. The Morgan fingerprint density at radius 3 is 2.48 bits per heavy atom. The predicted molar refractivity (Wildman–Crippen MR) is 92.6 cm³/mol. The van der Waals surface area contributed by atoms with Gasteiger partial charge in [0.15, 0.2) is 0 Å². The molecule has 2 N–H and O–H groups in total. The number of piperidine rings is 2. The van der Waals surface area contributed by atoms with Crippen LogP contribution in [0.4, 0.5) is 10.5 Å². The van der Waals surface area contributed by atoms with E-state index in [1.165, 1.54) is 32.1 Å². The maximum atomic E-state index is 12.3. The van der Waals surface area contributed by atoms with Crippen molar-refractivity contribution < 1.29 is 4.79 Å². The number of anilines is 1. The van der Waals surface area contributed by atoms with Crippen molar-refractivity contribution >= 4 is 11.7 Å². The Balaban J connectivity index is 1.35. The van der Waals surface area contributed by atoms with E-state index >= 15 is 0 Å². The lowest BCUT2D eigenvalue weighted by atomic mass is 9.81. The van der Waals surface area contributed by atoms with Gasteiger partial charge in [-0.05, 0) is 63.1 Å². The third-order valence-electron chi connectivity index (χ3n) is 5.61. The molecule has 23 heavy (non-hydrogen) atoms. The summed E-state index contributed by atoms with van der Waals surface area (Å²) < 4.78 is 0. The standard InChI is InChI=1S/C19H27N3O/c1-13-4-2-5-14(10-13)20-19(23)21-15-11-17-6-3-7-18(12-15)22(17)16-8-9-16/h2,4-5,10,15-18H,3,6-9,11-12H2,1H3,(H2,20,21,23)/t17-,18-/m0/s1. The molecule has 0 aromatic heterocycles. The summed E-state index contributed by atoms with van der Waals surface area (Å²) in [5, 5.41) is 6.20. The third-order valence-corrected chi connectivity index (χ3v) is 5.61. The molecule has 124 valence electrons. The van der Waals surface area contributed by atoms with Gasteiger partial charge in [-0.3, -0.25) is 4.90 Å². The summed E-state index contributed by atoms with van der Waals surface area (Å²) in [6.07, 6.45) is 9.00.